The molecule has 0 aromatic carbocycles. The van der Waals surface area contributed by atoms with Crippen LogP contribution in [0.25, 0.3) is 0 Å². The molecule has 0 aliphatic rings. The number of aromatic nitrogens is 1. The number of thiocarbonyl (C=S) groups is 1. The van der Waals surface area contributed by atoms with Crippen molar-refractivity contribution < 1.29 is 0 Å². The molecule has 0 saturated heterocycles. The highest BCUT2D eigenvalue weighted by molar-refractivity contribution is 7.80. The fourth-order valence-corrected chi connectivity index (χ4v) is 1.26. The first-order valence-electron chi connectivity index (χ1n) is 4.23. The molecule has 4 heteroatoms. The molecule has 0 unspecified atom stereocenters. The van der Waals surface area contributed by atoms with Crippen molar-refractivity contribution in [1.82, 2.24) is 4.98 Å². The monoisotopic (exact) mass is 195 g/mol. The predicted octanol–water partition coefficient (Wildman–Crippen LogP) is 1.54. The number of nitrogens with two attached hydrogens (primary N) is 1. The molecule has 1 rings (SSSR count). The van der Waals surface area contributed by atoms with Crippen molar-refractivity contribution in [3.63, 3.8) is 0 Å². The minimum absolute atomic E-state index is 0.376. The number of hydrogen-bond donors (Lipinski definition) is 1. The Morgan fingerprint density at radius 3 is 2.85 bits per heavy atom. The van der Waals surface area contributed by atoms with Crippen molar-refractivity contribution in [2.75, 3.05) is 11.4 Å². The predicted molar refractivity (Wildman–Crippen MR) is 58.7 cm³/mol. The number of nitrogens with zero attached hydrogens (tertiary/aromatic N) is 2. The summed E-state index contributed by atoms with van der Waals surface area (Å²) in [5.74, 6) is 0.817. The average Bonchev–Trinajstić information content (AvgIpc) is 2.15. The maximum atomic E-state index is 5.57. The summed E-state index contributed by atoms with van der Waals surface area (Å²) in [6.45, 7) is 2.89. The lowest BCUT2D eigenvalue weighted by atomic mass is 10.4. The Morgan fingerprint density at radius 2 is 2.38 bits per heavy atom. The molecule has 1 aromatic heterocycles. The molecule has 0 saturated carbocycles. The topological polar surface area (TPSA) is 42.1 Å². The molecule has 0 bridgehead atoms. The maximum absolute atomic E-state index is 5.57. The van der Waals surface area contributed by atoms with Crippen LogP contribution in [0.4, 0.5) is 5.82 Å². The first-order valence-corrected chi connectivity index (χ1v) is 4.64. The Morgan fingerprint density at radius 1 is 1.62 bits per heavy atom. The molecule has 0 amide bonds. The molecule has 0 spiro atoms. The van der Waals surface area contributed by atoms with E-state index in [1.165, 1.54) is 0 Å². The largest absolute Gasteiger partial charge is 0.376 e. The van der Waals surface area contributed by atoms with Crippen LogP contribution in [0.3, 0.4) is 0 Å². The van der Waals surface area contributed by atoms with Gasteiger partial charge in [-0.15, -0.1) is 0 Å². The van der Waals surface area contributed by atoms with E-state index < -0.39 is 0 Å². The van der Waals surface area contributed by atoms with Gasteiger partial charge in [-0.3, -0.25) is 0 Å². The van der Waals surface area contributed by atoms with Gasteiger partial charge < -0.3 is 10.6 Å². The van der Waals surface area contributed by atoms with E-state index in [0.717, 1.165) is 18.8 Å². The molecule has 0 atom stereocenters. The van der Waals surface area contributed by atoms with Crippen LogP contribution >= 0.6 is 12.2 Å². The summed E-state index contributed by atoms with van der Waals surface area (Å²) >= 11 is 4.93. The van der Waals surface area contributed by atoms with Crippen molar-refractivity contribution in [2.45, 2.75) is 13.3 Å². The number of pyridine rings is 1. The Kier molecular flexibility index (Phi) is 3.64. The van der Waals surface area contributed by atoms with Crippen LogP contribution in [-0.2, 0) is 0 Å². The van der Waals surface area contributed by atoms with Crippen LogP contribution < -0.4 is 10.6 Å². The van der Waals surface area contributed by atoms with Gasteiger partial charge in [0.05, 0.1) is 0 Å². The van der Waals surface area contributed by atoms with Gasteiger partial charge in [0.1, 0.15) is 5.82 Å². The van der Waals surface area contributed by atoms with Crippen molar-refractivity contribution in [1.29, 1.82) is 0 Å². The third-order valence-corrected chi connectivity index (χ3v) is 1.86. The maximum Gasteiger partial charge on any atom is 0.171 e. The molecular weight excluding hydrogens is 182 g/mol. The van der Waals surface area contributed by atoms with Crippen molar-refractivity contribution in [3.8, 4) is 0 Å². The highest BCUT2D eigenvalue weighted by Gasteiger charge is 2.07. The quantitative estimate of drug-likeness (QED) is 0.743. The lowest BCUT2D eigenvalue weighted by Crippen LogP contribution is -2.36. The van der Waals surface area contributed by atoms with E-state index in [9.17, 15) is 0 Å². The molecule has 1 heterocycles. The molecule has 0 aliphatic heterocycles. The van der Waals surface area contributed by atoms with Gasteiger partial charge in [0.25, 0.3) is 0 Å². The molecular formula is C9H13N3S. The third kappa shape index (κ3) is 2.66. The van der Waals surface area contributed by atoms with Gasteiger partial charge >= 0.3 is 0 Å². The smallest absolute Gasteiger partial charge is 0.171 e. The fourth-order valence-electron chi connectivity index (χ4n) is 1.07. The van der Waals surface area contributed by atoms with Gasteiger partial charge in [-0.05, 0) is 30.8 Å². The van der Waals surface area contributed by atoms with Crippen LogP contribution in [0.1, 0.15) is 13.3 Å². The van der Waals surface area contributed by atoms with E-state index in [2.05, 4.69) is 11.9 Å². The minimum atomic E-state index is 0.376. The van der Waals surface area contributed by atoms with E-state index in [1.54, 1.807) is 6.20 Å². The van der Waals surface area contributed by atoms with Crippen LogP contribution in [0.2, 0.25) is 0 Å². The standard InChI is InChI=1S/C9H13N3S/c1-2-7-12(9(10)13)8-5-3-4-6-11-8/h3-6H,2,7H2,1H3,(H2,10,13). The van der Waals surface area contributed by atoms with Gasteiger partial charge in [-0.1, -0.05) is 13.0 Å². The summed E-state index contributed by atoms with van der Waals surface area (Å²) in [5.41, 5.74) is 5.57. The summed E-state index contributed by atoms with van der Waals surface area (Å²) in [7, 11) is 0. The summed E-state index contributed by atoms with van der Waals surface area (Å²) < 4.78 is 0. The first-order chi connectivity index (χ1) is 6.25. The molecule has 70 valence electrons. The van der Waals surface area contributed by atoms with E-state index in [4.69, 9.17) is 18.0 Å². The summed E-state index contributed by atoms with van der Waals surface area (Å²) in [6, 6.07) is 5.69. The Balaban J connectivity index is 2.82. The second-order valence-electron chi connectivity index (χ2n) is 2.68. The zero-order valence-electron chi connectivity index (χ0n) is 7.60. The van der Waals surface area contributed by atoms with Gasteiger partial charge in [0.15, 0.2) is 5.11 Å². The van der Waals surface area contributed by atoms with E-state index in [1.807, 2.05) is 23.1 Å². The number of hydrogen-bond acceptors (Lipinski definition) is 2. The van der Waals surface area contributed by atoms with Crippen LogP contribution in [0, 0.1) is 0 Å². The van der Waals surface area contributed by atoms with E-state index >= 15 is 0 Å². The Hall–Kier alpha value is -1.16. The van der Waals surface area contributed by atoms with Gasteiger partial charge in [0.2, 0.25) is 0 Å². The molecule has 3 nitrogen and oxygen atoms in total. The first kappa shape index (κ1) is 9.92. The highest BCUT2D eigenvalue weighted by Crippen LogP contribution is 2.08. The zero-order valence-corrected chi connectivity index (χ0v) is 8.42. The van der Waals surface area contributed by atoms with Gasteiger partial charge in [-0.2, -0.15) is 0 Å². The van der Waals surface area contributed by atoms with Crippen LogP contribution in [0.15, 0.2) is 24.4 Å². The molecule has 13 heavy (non-hydrogen) atoms. The summed E-state index contributed by atoms with van der Waals surface area (Å²) in [6.07, 6.45) is 2.73. The third-order valence-electron chi connectivity index (χ3n) is 1.64. The normalized spacial score (nSPS) is 9.62. The molecule has 0 fully saturated rings. The SMILES string of the molecule is CCCN(C(N)=S)c1ccccn1. The Bertz CT molecular complexity index is 273. The van der Waals surface area contributed by atoms with Crippen molar-refractivity contribution in [3.05, 3.63) is 24.4 Å². The summed E-state index contributed by atoms with van der Waals surface area (Å²) in [5, 5.41) is 0.376. The number of anilines is 1. The number of rotatable bonds is 3. The lowest BCUT2D eigenvalue weighted by molar-refractivity contribution is 0.891. The van der Waals surface area contributed by atoms with Crippen LogP contribution in [-0.4, -0.2) is 16.6 Å². The van der Waals surface area contributed by atoms with Crippen LogP contribution in [0.5, 0.6) is 0 Å². The molecule has 1 aromatic rings. The zero-order chi connectivity index (χ0) is 9.68. The van der Waals surface area contributed by atoms with Gasteiger partial charge in [0, 0.05) is 12.7 Å². The molecule has 0 radical (unpaired) electrons. The molecule has 2 N–H and O–H groups in total. The van der Waals surface area contributed by atoms with E-state index in [0.29, 0.717) is 5.11 Å². The second kappa shape index (κ2) is 4.77. The minimum Gasteiger partial charge on any atom is -0.376 e. The second-order valence-corrected chi connectivity index (χ2v) is 3.10. The summed E-state index contributed by atoms with van der Waals surface area (Å²) in [4.78, 5) is 6.01. The lowest BCUT2D eigenvalue weighted by Gasteiger charge is -2.20. The van der Waals surface area contributed by atoms with E-state index in [-0.39, 0.29) is 0 Å². The Labute approximate surface area is 83.6 Å². The van der Waals surface area contributed by atoms with Crippen molar-refractivity contribution >= 4 is 23.1 Å². The average molecular weight is 195 g/mol. The van der Waals surface area contributed by atoms with Crippen molar-refractivity contribution in [2.24, 2.45) is 5.73 Å². The molecule has 0 aliphatic carbocycles. The fraction of sp³-hybridized carbons (Fsp3) is 0.333. The van der Waals surface area contributed by atoms with Gasteiger partial charge in [-0.25, -0.2) is 4.98 Å². The highest BCUT2D eigenvalue weighted by atomic mass is 32.1.